The molecule has 0 unspecified atom stereocenters. The normalized spacial score (nSPS) is 13.8. The summed E-state index contributed by atoms with van der Waals surface area (Å²) < 4.78 is 8.96. The average molecular weight is 652 g/mol. The van der Waals surface area contributed by atoms with E-state index in [0.717, 1.165) is 61.1 Å². The zero-order valence-corrected chi connectivity index (χ0v) is 28.0. The van der Waals surface area contributed by atoms with E-state index in [-0.39, 0.29) is 5.41 Å². The second-order valence-corrected chi connectivity index (χ2v) is 14.5. The van der Waals surface area contributed by atoms with Crippen LogP contribution in [0.5, 0.6) is 0 Å². The topological polar surface area (TPSA) is 43.9 Å². The molecule has 3 heterocycles. The van der Waals surface area contributed by atoms with E-state index in [1.54, 1.807) is 0 Å². The monoisotopic (exact) mass is 651 g/mol. The van der Waals surface area contributed by atoms with Crippen molar-refractivity contribution in [2.75, 3.05) is 0 Å². The second kappa shape index (κ2) is 9.38. The maximum absolute atomic E-state index is 6.61. The Bertz CT molecular complexity index is 3290. The third-order valence-corrected chi connectivity index (χ3v) is 11.5. The number of para-hydroxylation sites is 2. The van der Waals surface area contributed by atoms with Gasteiger partial charge in [0.05, 0.1) is 22.1 Å². The molecule has 4 nitrogen and oxygen atoms in total. The van der Waals surface area contributed by atoms with Crippen molar-refractivity contribution in [3.8, 4) is 28.2 Å². The van der Waals surface area contributed by atoms with Crippen molar-refractivity contribution in [2.45, 2.75) is 19.3 Å². The van der Waals surface area contributed by atoms with Gasteiger partial charge in [0, 0.05) is 32.5 Å². The van der Waals surface area contributed by atoms with Crippen molar-refractivity contribution < 1.29 is 4.42 Å². The Labute approximate surface area is 292 Å². The molecule has 0 amide bonds. The second-order valence-electron chi connectivity index (χ2n) is 14.5. The van der Waals surface area contributed by atoms with Crippen LogP contribution in [0, 0.1) is 0 Å². The van der Waals surface area contributed by atoms with Crippen LogP contribution in [-0.4, -0.2) is 14.5 Å². The minimum absolute atomic E-state index is 0.136. The van der Waals surface area contributed by atoms with Gasteiger partial charge in [0.15, 0.2) is 5.82 Å². The molecule has 8 aromatic carbocycles. The lowest BCUT2D eigenvalue weighted by Gasteiger charge is -2.22. The van der Waals surface area contributed by atoms with Crippen LogP contribution in [0.15, 0.2) is 144 Å². The number of fused-ring (bicyclic) bond motifs is 7. The molecule has 4 heteroatoms. The SMILES string of the molecule is CC1(C)c2ccccc2-c2ccc(-c3nc4ccccc4nc3-n3c4cccc5c6ccccc6c6cccc7oc8ccc3c(c8c76)c54)cc21. The molecule has 0 spiro atoms. The minimum atomic E-state index is -0.136. The summed E-state index contributed by atoms with van der Waals surface area (Å²) in [5, 5.41) is 9.51. The predicted molar refractivity (Wildman–Crippen MR) is 210 cm³/mol. The van der Waals surface area contributed by atoms with E-state index in [4.69, 9.17) is 14.4 Å². The van der Waals surface area contributed by atoms with Crippen molar-refractivity contribution >= 4 is 76.3 Å². The maximum Gasteiger partial charge on any atom is 0.165 e. The van der Waals surface area contributed by atoms with Crippen LogP contribution < -0.4 is 0 Å². The van der Waals surface area contributed by atoms with E-state index in [1.165, 1.54) is 54.6 Å². The van der Waals surface area contributed by atoms with Crippen molar-refractivity contribution in [1.29, 1.82) is 0 Å². The molecule has 1 aliphatic rings. The van der Waals surface area contributed by atoms with Gasteiger partial charge in [-0.25, -0.2) is 9.97 Å². The number of hydrogen-bond acceptors (Lipinski definition) is 3. The van der Waals surface area contributed by atoms with Crippen LogP contribution >= 0.6 is 0 Å². The Kier molecular flexibility index (Phi) is 5.02. The number of benzene rings is 7. The van der Waals surface area contributed by atoms with E-state index in [1.807, 2.05) is 12.1 Å². The molecule has 0 saturated heterocycles. The van der Waals surface area contributed by atoms with Crippen LogP contribution in [0.2, 0.25) is 0 Å². The Morgan fingerprint density at radius 3 is 1.98 bits per heavy atom. The molecule has 0 bridgehead atoms. The lowest BCUT2D eigenvalue weighted by Crippen LogP contribution is -2.15. The van der Waals surface area contributed by atoms with Gasteiger partial charge in [0.2, 0.25) is 0 Å². The van der Waals surface area contributed by atoms with Gasteiger partial charge in [-0.15, -0.1) is 0 Å². The van der Waals surface area contributed by atoms with E-state index < -0.39 is 0 Å². The van der Waals surface area contributed by atoms with Gasteiger partial charge < -0.3 is 4.42 Å². The van der Waals surface area contributed by atoms with E-state index in [2.05, 4.69) is 146 Å². The zero-order valence-electron chi connectivity index (χ0n) is 28.0. The summed E-state index contributed by atoms with van der Waals surface area (Å²) >= 11 is 0. The van der Waals surface area contributed by atoms with Gasteiger partial charge in [-0.1, -0.05) is 111 Å². The van der Waals surface area contributed by atoms with Gasteiger partial charge in [-0.3, -0.25) is 4.57 Å². The Morgan fingerprint density at radius 2 is 1.14 bits per heavy atom. The molecule has 0 radical (unpaired) electrons. The van der Waals surface area contributed by atoms with Crippen LogP contribution in [0.3, 0.4) is 0 Å². The van der Waals surface area contributed by atoms with E-state index in [9.17, 15) is 0 Å². The highest BCUT2D eigenvalue weighted by Gasteiger charge is 2.36. The summed E-state index contributed by atoms with van der Waals surface area (Å²) in [6, 6.07) is 50.1. The van der Waals surface area contributed by atoms with Crippen LogP contribution in [-0.2, 0) is 5.41 Å². The summed E-state index contributed by atoms with van der Waals surface area (Å²) in [6.07, 6.45) is 0. The third-order valence-electron chi connectivity index (χ3n) is 11.5. The Hall–Kier alpha value is -6.52. The summed E-state index contributed by atoms with van der Waals surface area (Å²) in [4.78, 5) is 10.9. The smallest absolute Gasteiger partial charge is 0.165 e. The largest absolute Gasteiger partial charge is 0.456 e. The van der Waals surface area contributed by atoms with E-state index >= 15 is 0 Å². The van der Waals surface area contributed by atoms with Crippen LogP contribution in [0.1, 0.15) is 25.0 Å². The van der Waals surface area contributed by atoms with Crippen molar-refractivity contribution in [3.05, 3.63) is 151 Å². The fourth-order valence-corrected chi connectivity index (χ4v) is 9.28. The lowest BCUT2D eigenvalue weighted by atomic mass is 9.82. The molecule has 0 fully saturated rings. The summed E-state index contributed by atoms with van der Waals surface area (Å²) in [5.41, 5.74) is 12.8. The number of furan rings is 1. The number of nitrogens with zero attached hydrogens (tertiary/aromatic N) is 3. The molecule has 0 N–H and O–H groups in total. The Balaban J connectivity index is 1.26. The van der Waals surface area contributed by atoms with Crippen LogP contribution in [0.4, 0.5) is 0 Å². The number of rotatable bonds is 2. The molecule has 1 aliphatic carbocycles. The fourth-order valence-electron chi connectivity index (χ4n) is 9.28. The number of aromatic nitrogens is 3. The highest BCUT2D eigenvalue weighted by Crippen LogP contribution is 2.51. The first-order valence-electron chi connectivity index (χ1n) is 17.6. The van der Waals surface area contributed by atoms with Gasteiger partial charge in [0.25, 0.3) is 0 Å². The molecule has 0 atom stereocenters. The molecule has 12 rings (SSSR count). The lowest BCUT2D eigenvalue weighted by molar-refractivity contribution is 0.660. The van der Waals surface area contributed by atoms with Crippen molar-refractivity contribution in [3.63, 3.8) is 0 Å². The molecular formula is C47H29N3O. The molecule has 3 aromatic heterocycles. The first-order valence-corrected chi connectivity index (χ1v) is 17.6. The van der Waals surface area contributed by atoms with Crippen LogP contribution in [0.25, 0.3) is 105 Å². The molecular weight excluding hydrogens is 623 g/mol. The molecule has 51 heavy (non-hydrogen) atoms. The van der Waals surface area contributed by atoms with Crippen molar-refractivity contribution in [2.24, 2.45) is 0 Å². The molecule has 0 aliphatic heterocycles. The average Bonchev–Trinajstić information content (AvgIpc) is 3.79. The Morgan fingerprint density at radius 1 is 0.490 bits per heavy atom. The standard InChI is InChI=1S/C47H29N3O/c1-47(2)33-16-6-5-13-29(33)30-22-21-26(25-34(30)47)45-46(49-36-18-8-7-17-35(36)48-45)50-37-19-9-14-31-27-11-3-4-12-28(27)32-15-10-20-39-42(32)44-40(51-39)24-23-38(50)43(44)41(31)37/h3-25H,1-2H3. The third kappa shape index (κ3) is 3.39. The van der Waals surface area contributed by atoms with Gasteiger partial charge in [0.1, 0.15) is 16.9 Å². The summed E-state index contributed by atoms with van der Waals surface area (Å²) in [7, 11) is 0. The van der Waals surface area contributed by atoms with Gasteiger partial charge in [-0.2, -0.15) is 0 Å². The summed E-state index contributed by atoms with van der Waals surface area (Å²) in [6.45, 7) is 4.66. The highest BCUT2D eigenvalue weighted by atomic mass is 16.3. The predicted octanol–water partition coefficient (Wildman–Crippen LogP) is 12.3. The van der Waals surface area contributed by atoms with Gasteiger partial charge in [-0.05, 0) is 86.3 Å². The first-order chi connectivity index (χ1) is 25.1. The maximum atomic E-state index is 6.61. The van der Waals surface area contributed by atoms with Crippen molar-refractivity contribution in [1.82, 2.24) is 14.5 Å². The molecule has 0 saturated carbocycles. The number of hydrogen-bond donors (Lipinski definition) is 0. The van der Waals surface area contributed by atoms with E-state index in [0.29, 0.717) is 0 Å². The molecule has 238 valence electrons. The fraction of sp³-hybridized carbons (Fsp3) is 0.0638. The quantitative estimate of drug-likeness (QED) is 0.187. The zero-order chi connectivity index (χ0) is 33.6. The highest BCUT2D eigenvalue weighted by molar-refractivity contribution is 6.38. The minimum Gasteiger partial charge on any atom is -0.456 e. The first kappa shape index (κ1) is 27.3. The van der Waals surface area contributed by atoms with Gasteiger partial charge >= 0.3 is 0 Å². The summed E-state index contributed by atoms with van der Waals surface area (Å²) in [5.74, 6) is 0.819. The molecule has 11 aromatic rings.